The molecule has 0 spiro atoms. The minimum atomic E-state index is -0.475. The van der Waals surface area contributed by atoms with E-state index < -0.39 is 11.9 Å². The normalized spacial score (nSPS) is 12.1. The molecule has 0 aliphatic carbocycles. The van der Waals surface area contributed by atoms with Gasteiger partial charge in [0.15, 0.2) is 0 Å². The number of ether oxygens (including phenoxy) is 3. The Hall–Kier alpha value is -4.12. The lowest BCUT2D eigenvalue weighted by molar-refractivity contribution is -0.130. The molecule has 5 heteroatoms. The van der Waals surface area contributed by atoms with Crippen LogP contribution >= 0.6 is 0 Å². The summed E-state index contributed by atoms with van der Waals surface area (Å²) >= 11 is 0. The lowest BCUT2D eigenvalue weighted by Crippen LogP contribution is -2.09. The maximum absolute atomic E-state index is 12.2. The second kappa shape index (κ2) is 12.5. The van der Waals surface area contributed by atoms with Crippen LogP contribution in [0.3, 0.4) is 0 Å². The van der Waals surface area contributed by atoms with Crippen LogP contribution in [-0.2, 0) is 9.59 Å². The highest BCUT2D eigenvalue weighted by Gasteiger charge is 2.10. The van der Waals surface area contributed by atoms with Crippen molar-refractivity contribution in [1.82, 2.24) is 0 Å². The number of allylic oxidation sites excluding steroid dienone is 5. The number of hydrogen-bond donors (Lipinski definition) is 0. The summed E-state index contributed by atoms with van der Waals surface area (Å²) in [6.07, 6.45) is 11.7. The summed E-state index contributed by atoms with van der Waals surface area (Å²) in [7, 11) is 0. The molecule has 0 aromatic heterocycles. The molecule has 0 unspecified atom stereocenters. The van der Waals surface area contributed by atoms with Crippen molar-refractivity contribution in [2.24, 2.45) is 0 Å². The van der Waals surface area contributed by atoms with E-state index in [-0.39, 0.29) is 0 Å². The minimum absolute atomic E-state index is 0.394. The minimum Gasteiger partial charge on any atom is -0.457 e. The Morgan fingerprint density at radius 1 is 0.688 bits per heavy atom. The van der Waals surface area contributed by atoms with E-state index in [1.54, 1.807) is 91.9 Å². The predicted molar refractivity (Wildman–Crippen MR) is 126 cm³/mol. The summed E-state index contributed by atoms with van der Waals surface area (Å²) in [5, 5.41) is 0. The molecule has 2 aromatic carbocycles. The lowest BCUT2D eigenvalue weighted by atomic mass is 10.2. The van der Waals surface area contributed by atoms with Gasteiger partial charge < -0.3 is 14.2 Å². The smallest absolute Gasteiger partial charge is 0.343 e. The summed E-state index contributed by atoms with van der Waals surface area (Å²) in [5.74, 6) is 1.04. The third-order valence-electron chi connectivity index (χ3n) is 4.08. The van der Waals surface area contributed by atoms with Crippen molar-refractivity contribution >= 4 is 11.9 Å². The molecule has 5 nitrogen and oxygen atoms in total. The van der Waals surface area contributed by atoms with Crippen LogP contribution in [0.1, 0.15) is 20.8 Å². The standard InChI is InChI=1S/C27H26O5/c1-5-9-20(8-4)26(28)31-24-16-12-22(13-17-24)30-23-14-18-25(19-15-23)32-27(29)21(10-6-2)11-7-3/h5-19H,2H2,1,3-4H3/b9-5-,11-7-,20-8+,21-10+. The quantitative estimate of drug-likeness (QED) is 0.197. The van der Waals surface area contributed by atoms with Crippen molar-refractivity contribution in [3.8, 4) is 23.0 Å². The van der Waals surface area contributed by atoms with Crippen LogP contribution in [0.2, 0.25) is 0 Å². The topological polar surface area (TPSA) is 61.8 Å². The van der Waals surface area contributed by atoms with Gasteiger partial charge >= 0.3 is 11.9 Å². The molecule has 0 saturated carbocycles. The zero-order chi connectivity index (χ0) is 23.3. The van der Waals surface area contributed by atoms with E-state index >= 15 is 0 Å². The highest BCUT2D eigenvalue weighted by molar-refractivity contribution is 5.93. The van der Waals surface area contributed by atoms with E-state index in [0.29, 0.717) is 34.1 Å². The van der Waals surface area contributed by atoms with Gasteiger partial charge in [0.05, 0.1) is 11.1 Å². The fraction of sp³-hybridized carbons (Fsp3) is 0.111. The van der Waals surface area contributed by atoms with Gasteiger partial charge in [0.1, 0.15) is 23.0 Å². The average Bonchev–Trinajstić information content (AvgIpc) is 2.79. The molecule has 0 aliphatic rings. The molecule has 0 atom stereocenters. The third kappa shape index (κ3) is 7.29. The molecule has 0 fully saturated rings. The summed E-state index contributed by atoms with van der Waals surface area (Å²) in [5.41, 5.74) is 0.877. The van der Waals surface area contributed by atoms with Crippen LogP contribution < -0.4 is 14.2 Å². The molecule has 0 heterocycles. The first-order chi connectivity index (χ1) is 15.5. The van der Waals surface area contributed by atoms with Crippen molar-refractivity contribution in [1.29, 1.82) is 0 Å². The third-order valence-corrected chi connectivity index (χ3v) is 4.08. The lowest BCUT2D eigenvalue weighted by Gasteiger charge is -2.09. The second-order valence-corrected chi connectivity index (χ2v) is 6.43. The fourth-order valence-electron chi connectivity index (χ4n) is 2.58. The molecular weight excluding hydrogens is 404 g/mol. The zero-order valence-corrected chi connectivity index (χ0v) is 18.4. The Labute approximate surface area is 188 Å². The number of benzene rings is 2. The Balaban J connectivity index is 1.99. The van der Waals surface area contributed by atoms with Gasteiger partial charge in [-0.05, 0) is 75.4 Å². The highest BCUT2D eigenvalue weighted by Crippen LogP contribution is 2.26. The average molecular weight is 431 g/mol. The van der Waals surface area contributed by atoms with Gasteiger partial charge in [-0.2, -0.15) is 0 Å². The molecular formula is C27H26O5. The van der Waals surface area contributed by atoms with Crippen LogP contribution in [-0.4, -0.2) is 11.9 Å². The van der Waals surface area contributed by atoms with E-state index in [4.69, 9.17) is 14.2 Å². The van der Waals surface area contributed by atoms with Gasteiger partial charge in [-0.15, -0.1) is 0 Å². The summed E-state index contributed by atoms with van der Waals surface area (Å²) in [4.78, 5) is 24.3. The van der Waals surface area contributed by atoms with E-state index in [9.17, 15) is 9.59 Å². The van der Waals surface area contributed by atoms with Gasteiger partial charge in [0, 0.05) is 0 Å². The van der Waals surface area contributed by atoms with Crippen molar-refractivity contribution in [2.75, 3.05) is 0 Å². The number of carbonyl (C=O) groups excluding carboxylic acids is 2. The van der Waals surface area contributed by atoms with Crippen LogP contribution in [0.15, 0.2) is 109 Å². The van der Waals surface area contributed by atoms with Crippen molar-refractivity contribution < 1.29 is 23.8 Å². The second-order valence-electron chi connectivity index (χ2n) is 6.43. The van der Waals surface area contributed by atoms with Crippen molar-refractivity contribution in [2.45, 2.75) is 20.8 Å². The van der Waals surface area contributed by atoms with Crippen LogP contribution in [0.5, 0.6) is 23.0 Å². The monoisotopic (exact) mass is 430 g/mol. The largest absolute Gasteiger partial charge is 0.457 e. The van der Waals surface area contributed by atoms with Crippen LogP contribution in [0.4, 0.5) is 0 Å². The maximum Gasteiger partial charge on any atom is 0.343 e. The number of rotatable bonds is 9. The Bertz CT molecular complexity index is 1050. The SMILES string of the molecule is C=C/C=C(\C=C/C)C(=O)Oc1ccc(Oc2ccc(OC(=O)C(/C=C\C)=C/C)cc2)cc1. The molecule has 0 aliphatic heterocycles. The van der Waals surface area contributed by atoms with E-state index in [1.807, 2.05) is 13.8 Å². The Morgan fingerprint density at radius 3 is 1.50 bits per heavy atom. The number of esters is 2. The molecule has 0 amide bonds. The first-order valence-corrected chi connectivity index (χ1v) is 10.1. The van der Waals surface area contributed by atoms with Gasteiger partial charge in [0.25, 0.3) is 0 Å². The molecule has 164 valence electrons. The molecule has 0 N–H and O–H groups in total. The first kappa shape index (κ1) is 24.2. The summed E-state index contributed by atoms with van der Waals surface area (Å²) in [6, 6.07) is 13.4. The summed E-state index contributed by atoms with van der Waals surface area (Å²) in [6.45, 7) is 9.02. The van der Waals surface area contributed by atoms with Gasteiger partial charge in [-0.3, -0.25) is 0 Å². The van der Waals surface area contributed by atoms with Crippen LogP contribution in [0, 0.1) is 0 Å². The fourth-order valence-corrected chi connectivity index (χ4v) is 2.58. The predicted octanol–water partition coefficient (Wildman–Crippen LogP) is 6.50. The Morgan fingerprint density at radius 2 is 1.09 bits per heavy atom. The van der Waals surface area contributed by atoms with Crippen LogP contribution in [0.25, 0.3) is 0 Å². The molecule has 2 aromatic rings. The Kier molecular flexibility index (Phi) is 9.47. The molecule has 0 radical (unpaired) electrons. The van der Waals surface area contributed by atoms with E-state index in [1.165, 1.54) is 6.08 Å². The number of hydrogen-bond acceptors (Lipinski definition) is 5. The highest BCUT2D eigenvalue weighted by atomic mass is 16.5. The van der Waals surface area contributed by atoms with E-state index in [0.717, 1.165) is 0 Å². The number of carbonyl (C=O) groups is 2. The van der Waals surface area contributed by atoms with Gasteiger partial charge in [-0.25, -0.2) is 9.59 Å². The molecule has 2 rings (SSSR count). The van der Waals surface area contributed by atoms with Crippen molar-refractivity contribution in [3.05, 3.63) is 109 Å². The van der Waals surface area contributed by atoms with Gasteiger partial charge in [-0.1, -0.05) is 43.0 Å². The van der Waals surface area contributed by atoms with E-state index in [2.05, 4.69) is 6.58 Å². The summed E-state index contributed by atoms with van der Waals surface area (Å²) < 4.78 is 16.5. The molecule has 32 heavy (non-hydrogen) atoms. The van der Waals surface area contributed by atoms with Gasteiger partial charge in [0.2, 0.25) is 0 Å². The molecule has 0 bridgehead atoms. The zero-order valence-electron chi connectivity index (χ0n) is 18.4. The molecule has 0 saturated heterocycles. The van der Waals surface area contributed by atoms with Crippen molar-refractivity contribution in [3.63, 3.8) is 0 Å². The first-order valence-electron chi connectivity index (χ1n) is 10.1. The maximum atomic E-state index is 12.2.